The molecule has 2 N–H and O–H groups in total. The van der Waals surface area contributed by atoms with E-state index in [1.54, 1.807) is 13.1 Å². The van der Waals surface area contributed by atoms with Crippen LogP contribution in [0.5, 0.6) is 0 Å². The zero-order valence-electron chi connectivity index (χ0n) is 7.57. The van der Waals surface area contributed by atoms with Crippen molar-refractivity contribution >= 4 is 16.9 Å². The lowest BCUT2D eigenvalue weighted by Gasteiger charge is -2.01. The standard InChI is InChI=1S/C9H10N4/c1-5-3-7-8(10)12-6(2)13-9(7)11-4-5/h3-4H,1-2H3,(H2,10,11,12,13). The van der Waals surface area contributed by atoms with Crippen LogP contribution < -0.4 is 5.73 Å². The summed E-state index contributed by atoms with van der Waals surface area (Å²) in [5, 5.41) is 0.825. The number of nitrogen functional groups attached to an aromatic ring is 1. The van der Waals surface area contributed by atoms with E-state index in [2.05, 4.69) is 15.0 Å². The molecule has 0 amide bonds. The average Bonchev–Trinajstić information content (AvgIpc) is 2.06. The smallest absolute Gasteiger partial charge is 0.164 e. The molecule has 0 saturated carbocycles. The van der Waals surface area contributed by atoms with Crippen LogP contribution in [0, 0.1) is 13.8 Å². The molecule has 2 heterocycles. The largest absolute Gasteiger partial charge is 0.383 e. The highest BCUT2D eigenvalue weighted by Gasteiger charge is 2.02. The topological polar surface area (TPSA) is 64.7 Å². The predicted octanol–water partition coefficient (Wildman–Crippen LogP) is 1.22. The number of aryl methyl sites for hydroxylation is 2. The minimum atomic E-state index is 0.499. The lowest BCUT2D eigenvalue weighted by atomic mass is 10.2. The molecule has 0 unspecified atom stereocenters. The second kappa shape index (κ2) is 2.65. The molecule has 66 valence electrons. The molecule has 2 aromatic heterocycles. The molecule has 0 saturated heterocycles. The fourth-order valence-electron chi connectivity index (χ4n) is 1.25. The van der Waals surface area contributed by atoms with Crippen LogP contribution in [-0.4, -0.2) is 15.0 Å². The number of anilines is 1. The first kappa shape index (κ1) is 7.91. The van der Waals surface area contributed by atoms with E-state index in [0.29, 0.717) is 17.3 Å². The van der Waals surface area contributed by atoms with Gasteiger partial charge < -0.3 is 5.73 Å². The van der Waals surface area contributed by atoms with Crippen molar-refractivity contribution in [2.45, 2.75) is 13.8 Å². The summed E-state index contributed by atoms with van der Waals surface area (Å²) in [6, 6.07) is 1.94. The van der Waals surface area contributed by atoms with Gasteiger partial charge in [-0.3, -0.25) is 0 Å². The van der Waals surface area contributed by atoms with Gasteiger partial charge in [0.15, 0.2) is 5.65 Å². The summed E-state index contributed by atoms with van der Waals surface area (Å²) in [5.74, 6) is 1.15. The van der Waals surface area contributed by atoms with Crippen molar-refractivity contribution in [1.29, 1.82) is 0 Å². The van der Waals surface area contributed by atoms with E-state index in [0.717, 1.165) is 10.9 Å². The molecule has 2 aromatic rings. The summed E-state index contributed by atoms with van der Waals surface area (Å²) in [4.78, 5) is 12.4. The van der Waals surface area contributed by atoms with Crippen LogP contribution in [0.2, 0.25) is 0 Å². The van der Waals surface area contributed by atoms with E-state index >= 15 is 0 Å². The van der Waals surface area contributed by atoms with Crippen molar-refractivity contribution in [3.05, 3.63) is 23.7 Å². The first-order valence-corrected chi connectivity index (χ1v) is 4.03. The molecule has 0 aromatic carbocycles. The van der Waals surface area contributed by atoms with Crippen LogP contribution in [0.1, 0.15) is 11.4 Å². The van der Waals surface area contributed by atoms with Crippen molar-refractivity contribution in [2.75, 3.05) is 5.73 Å². The summed E-state index contributed by atoms with van der Waals surface area (Å²) in [5.41, 5.74) is 7.46. The summed E-state index contributed by atoms with van der Waals surface area (Å²) in [7, 11) is 0. The van der Waals surface area contributed by atoms with Crippen molar-refractivity contribution in [3.63, 3.8) is 0 Å². The predicted molar refractivity (Wildman–Crippen MR) is 51.2 cm³/mol. The number of rotatable bonds is 0. The minimum Gasteiger partial charge on any atom is -0.383 e. The summed E-state index contributed by atoms with van der Waals surface area (Å²) in [6.45, 7) is 3.77. The highest BCUT2D eigenvalue weighted by Crippen LogP contribution is 2.16. The third-order valence-electron chi connectivity index (χ3n) is 1.83. The zero-order valence-corrected chi connectivity index (χ0v) is 7.57. The lowest BCUT2D eigenvalue weighted by molar-refractivity contribution is 1.08. The lowest BCUT2D eigenvalue weighted by Crippen LogP contribution is -1.98. The van der Waals surface area contributed by atoms with Crippen molar-refractivity contribution < 1.29 is 0 Å². The number of nitrogens with zero attached hydrogens (tertiary/aromatic N) is 3. The molecule has 13 heavy (non-hydrogen) atoms. The number of fused-ring (bicyclic) bond motifs is 1. The van der Waals surface area contributed by atoms with E-state index in [9.17, 15) is 0 Å². The Balaban J connectivity index is 2.87. The Morgan fingerprint density at radius 1 is 1.23 bits per heavy atom. The fourth-order valence-corrected chi connectivity index (χ4v) is 1.25. The van der Waals surface area contributed by atoms with Gasteiger partial charge in [-0.1, -0.05) is 0 Å². The van der Waals surface area contributed by atoms with Crippen molar-refractivity contribution in [3.8, 4) is 0 Å². The maximum Gasteiger partial charge on any atom is 0.164 e. The van der Waals surface area contributed by atoms with Gasteiger partial charge in [0.2, 0.25) is 0 Å². The molecule has 0 fully saturated rings. The normalized spacial score (nSPS) is 10.6. The Kier molecular flexibility index (Phi) is 1.62. The molecule has 0 aliphatic rings. The third kappa shape index (κ3) is 1.30. The molecule has 0 atom stereocenters. The summed E-state index contributed by atoms with van der Waals surface area (Å²) >= 11 is 0. The van der Waals surface area contributed by atoms with Gasteiger partial charge in [-0.25, -0.2) is 15.0 Å². The Hall–Kier alpha value is -1.71. The van der Waals surface area contributed by atoms with Crippen molar-refractivity contribution in [1.82, 2.24) is 15.0 Å². The Morgan fingerprint density at radius 2 is 2.00 bits per heavy atom. The average molecular weight is 174 g/mol. The highest BCUT2D eigenvalue weighted by atomic mass is 15.0. The number of nitrogens with two attached hydrogens (primary N) is 1. The number of hydrogen-bond donors (Lipinski definition) is 1. The van der Waals surface area contributed by atoms with E-state index in [1.165, 1.54) is 0 Å². The molecule has 0 aliphatic carbocycles. The molecule has 4 nitrogen and oxygen atoms in total. The van der Waals surface area contributed by atoms with E-state index in [4.69, 9.17) is 5.73 Å². The fraction of sp³-hybridized carbons (Fsp3) is 0.222. The van der Waals surface area contributed by atoms with Gasteiger partial charge in [-0.2, -0.15) is 0 Å². The van der Waals surface area contributed by atoms with Crippen molar-refractivity contribution in [2.24, 2.45) is 0 Å². The van der Waals surface area contributed by atoms with Crippen LogP contribution in [-0.2, 0) is 0 Å². The second-order valence-electron chi connectivity index (χ2n) is 3.04. The highest BCUT2D eigenvalue weighted by molar-refractivity contribution is 5.85. The number of aromatic nitrogens is 3. The molecular weight excluding hydrogens is 164 g/mol. The van der Waals surface area contributed by atoms with Crippen LogP contribution in [0.25, 0.3) is 11.0 Å². The maximum absolute atomic E-state index is 5.73. The molecular formula is C9H10N4. The molecule has 4 heteroatoms. The van der Waals surface area contributed by atoms with Gasteiger partial charge in [0.05, 0.1) is 5.39 Å². The Labute approximate surface area is 75.8 Å². The van der Waals surface area contributed by atoms with Gasteiger partial charge in [-0.05, 0) is 25.5 Å². The van der Waals surface area contributed by atoms with Gasteiger partial charge in [0, 0.05) is 6.20 Å². The number of hydrogen-bond acceptors (Lipinski definition) is 4. The zero-order chi connectivity index (χ0) is 9.42. The SMILES string of the molecule is Cc1cnc2nc(C)nc(N)c2c1. The molecule has 0 spiro atoms. The minimum absolute atomic E-state index is 0.499. The summed E-state index contributed by atoms with van der Waals surface area (Å²) in [6.07, 6.45) is 1.77. The third-order valence-corrected chi connectivity index (χ3v) is 1.83. The second-order valence-corrected chi connectivity index (χ2v) is 3.04. The van der Waals surface area contributed by atoms with E-state index in [-0.39, 0.29) is 0 Å². The first-order chi connectivity index (χ1) is 6.16. The van der Waals surface area contributed by atoms with Gasteiger partial charge >= 0.3 is 0 Å². The van der Waals surface area contributed by atoms with E-state index < -0.39 is 0 Å². The van der Waals surface area contributed by atoms with Crippen LogP contribution in [0.4, 0.5) is 5.82 Å². The molecule has 0 bridgehead atoms. The van der Waals surface area contributed by atoms with Crippen LogP contribution in [0.15, 0.2) is 12.3 Å². The quantitative estimate of drug-likeness (QED) is 0.652. The molecule has 0 radical (unpaired) electrons. The van der Waals surface area contributed by atoms with Crippen LogP contribution in [0.3, 0.4) is 0 Å². The van der Waals surface area contributed by atoms with Gasteiger partial charge in [0.1, 0.15) is 11.6 Å². The first-order valence-electron chi connectivity index (χ1n) is 4.03. The van der Waals surface area contributed by atoms with E-state index in [1.807, 2.05) is 13.0 Å². The van der Waals surface area contributed by atoms with Crippen LogP contribution >= 0.6 is 0 Å². The monoisotopic (exact) mass is 174 g/mol. The summed E-state index contributed by atoms with van der Waals surface area (Å²) < 4.78 is 0. The maximum atomic E-state index is 5.73. The Bertz CT molecular complexity index is 464. The molecule has 0 aliphatic heterocycles. The number of pyridine rings is 1. The van der Waals surface area contributed by atoms with Gasteiger partial charge in [0.25, 0.3) is 0 Å². The molecule has 2 rings (SSSR count). The Morgan fingerprint density at radius 3 is 2.77 bits per heavy atom. The van der Waals surface area contributed by atoms with Gasteiger partial charge in [-0.15, -0.1) is 0 Å².